The normalized spacial score (nSPS) is 21.9. The number of carbonyl (C=O) groups is 1. The average Bonchev–Trinajstić information content (AvgIpc) is 2.60. The van der Waals surface area contributed by atoms with Crippen LogP contribution in [0, 0.1) is 5.92 Å². The second-order valence-corrected chi connectivity index (χ2v) is 8.88. The third kappa shape index (κ3) is 3.92. The van der Waals surface area contributed by atoms with E-state index in [1.807, 2.05) is 4.90 Å². The molecule has 1 fully saturated rings. The lowest BCUT2D eigenvalue weighted by Crippen LogP contribution is -2.51. The summed E-state index contributed by atoms with van der Waals surface area (Å²) < 4.78 is 1.67. The van der Waals surface area contributed by atoms with E-state index in [2.05, 4.69) is 37.6 Å². The number of amides is 1. The van der Waals surface area contributed by atoms with Crippen LogP contribution in [0.4, 0.5) is 0 Å². The molecule has 1 aromatic rings. The first kappa shape index (κ1) is 18.5. The maximum atomic E-state index is 12.9. The molecule has 0 N–H and O–H groups in total. The van der Waals surface area contributed by atoms with Crippen molar-refractivity contribution in [2.75, 3.05) is 38.5 Å². The molecule has 1 amide bonds. The molecular weight excluding hydrogens is 336 g/mol. The molecule has 1 saturated heterocycles. The van der Waals surface area contributed by atoms with Gasteiger partial charge in [0.25, 0.3) is 5.56 Å². The lowest BCUT2D eigenvalue weighted by Gasteiger charge is -2.37. The summed E-state index contributed by atoms with van der Waals surface area (Å²) in [5.74, 6) is 0.749. The van der Waals surface area contributed by atoms with E-state index in [1.54, 1.807) is 10.6 Å². The van der Waals surface area contributed by atoms with Crippen LogP contribution in [0.15, 0.2) is 16.0 Å². The minimum Gasteiger partial charge on any atom is -0.340 e. The third-order valence-corrected chi connectivity index (χ3v) is 6.18. The number of thioether (sulfide) groups is 1. The van der Waals surface area contributed by atoms with E-state index in [-0.39, 0.29) is 22.8 Å². The highest BCUT2D eigenvalue weighted by atomic mass is 32.2. The van der Waals surface area contributed by atoms with Crippen molar-refractivity contribution in [2.24, 2.45) is 5.92 Å². The van der Waals surface area contributed by atoms with Crippen LogP contribution in [-0.4, -0.2) is 63.7 Å². The Morgan fingerprint density at radius 1 is 1.28 bits per heavy atom. The molecule has 0 radical (unpaired) electrons. The molecule has 0 spiro atoms. The number of hydrogen-bond donors (Lipinski definition) is 0. The maximum Gasteiger partial charge on any atom is 0.254 e. The first-order chi connectivity index (χ1) is 11.8. The number of fused-ring (bicyclic) bond motifs is 1. The molecule has 1 unspecified atom stereocenters. The van der Waals surface area contributed by atoms with E-state index in [1.165, 1.54) is 11.8 Å². The number of likely N-dealkylation sites (N-methyl/N-ethyl adjacent to an activating group) is 1. The summed E-state index contributed by atoms with van der Waals surface area (Å²) in [6, 6.07) is 1.62. The van der Waals surface area contributed by atoms with Crippen LogP contribution < -0.4 is 5.56 Å². The zero-order chi connectivity index (χ0) is 18.2. The molecule has 0 aliphatic carbocycles. The summed E-state index contributed by atoms with van der Waals surface area (Å²) in [6.45, 7) is 13.3. The molecule has 0 aromatic carbocycles. The summed E-state index contributed by atoms with van der Waals surface area (Å²) in [5.41, 5.74) is 0.619. The summed E-state index contributed by atoms with van der Waals surface area (Å²) in [7, 11) is 0. The van der Waals surface area contributed by atoms with Crippen molar-refractivity contribution >= 4 is 17.7 Å². The Morgan fingerprint density at radius 3 is 2.56 bits per heavy atom. The van der Waals surface area contributed by atoms with Crippen LogP contribution in [-0.2, 0) is 16.8 Å². The summed E-state index contributed by atoms with van der Waals surface area (Å²) in [4.78, 5) is 34.4. The van der Waals surface area contributed by atoms with Gasteiger partial charge >= 0.3 is 0 Å². The highest BCUT2D eigenvalue weighted by molar-refractivity contribution is 7.99. The van der Waals surface area contributed by atoms with E-state index in [9.17, 15) is 9.59 Å². The monoisotopic (exact) mass is 364 g/mol. The first-order valence-electron chi connectivity index (χ1n) is 9.06. The van der Waals surface area contributed by atoms with Crippen molar-refractivity contribution in [1.29, 1.82) is 0 Å². The molecule has 7 heteroatoms. The molecule has 0 saturated carbocycles. The van der Waals surface area contributed by atoms with Crippen LogP contribution in [0.25, 0.3) is 0 Å². The van der Waals surface area contributed by atoms with Crippen molar-refractivity contribution in [2.45, 2.75) is 44.8 Å². The van der Waals surface area contributed by atoms with Gasteiger partial charge in [-0.2, -0.15) is 0 Å². The molecule has 3 heterocycles. The van der Waals surface area contributed by atoms with Gasteiger partial charge in [0.1, 0.15) is 0 Å². The predicted molar refractivity (Wildman–Crippen MR) is 100 cm³/mol. The fraction of sp³-hybridized carbons (Fsp3) is 0.722. The number of hydrogen-bond acceptors (Lipinski definition) is 5. The van der Waals surface area contributed by atoms with Gasteiger partial charge in [-0.25, -0.2) is 4.98 Å². The molecule has 1 atom stereocenters. The van der Waals surface area contributed by atoms with Crippen molar-refractivity contribution in [3.63, 3.8) is 0 Å². The Kier molecular flexibility index (Phi) is 5.25. The van der Waals surface area contributed by atoms with Gasteiger partial charge in [0.15, 0.2) is 5.16 Å². The quantitative estimate of drug-likeness (QED) is 0.743. The van der Waals surface area contributed by atoms with E-state index in [4.69, 9.17) is 0 Å². The molecular formula is C18H28N4O2S. The topological polar surface area (TPSA) is 58.4 Å². The van der Waals surface area contributed by atoms with Crippen LogP contribution in [0.1, 0.15) is 33.4 Å². The van der Waals surface area contributed by atoms with Crippen molar-refractivity contribution in [3.8, 4) is 0 Å². The first-order valence-corrected chi connectivity index (χ1v) is 10.0. The standard InChI is InChI=1S/C18H28N4O2S/c1-5-20-6-8-21(9-7-20)16(24)13-11-22-15(23)10-14(18(2,3)4)19-17(22)25-12-13/h10,13H,5-9,11-12H2,1-4H3. The van der Waals surface area contributed by atoms with E-state index >= 15 is 0 Å². The molecule has 2 aliphatic rings. The Morgan fingerprint density at radius 2 is 1.96 bits per heavy atom. The van der Waals surface area contributed by atoms with Crippen molar-refractivity contribution in [3.05, 3.63) is 22.1 Å². The molecule has 6 nitrogen and oxygen atoms in total. The summed E-state index contributed by atoms with van der Waals surface area (Å²) in [5, 5.41) is 0.747. The van der Waals surface area contributed by atoms with Gasteiger partial charge < -0.3 is 9.80 Å². The molecule has 138 valence electrons. The van der Waals surface area contributed by atoms with Crippen LogP contribution in [0.5, 0.6) is 0 Å². The third-order valence-electron chi connectivity index (χ3n) is 5.04. The minimum atomic E-state index is -0.152. The minimum absolute atomic E-state index is 0.0456. The number of carbonyl (C=O) groups excluding carboxylic acids is 1. The highest BCUT2D eigenvalue weighted by Gasteiger charge is 2.32. The highest BCUT2D eigenvalue weighted by Crippen LogP contribution is 2.29. The van der Waals surface area contributed by atoms with Gasteiger partial charge in [0.05, 0.1) is 11.6 Å². The largest absolute Gasteiger partial charge is 0.340 e. The molecule has 1 aromatic heterocycles. The van der Waals surface area contributed by atoms with Gasteiger partial charge in [0, 0.05) is 50.0 Å². The molecule has 3 rings (SSSR count). The average molecular weight is 365 g/mol. The van der Waals surface area contributed by atoms with Gasteiger partial charge in [-0.3, -0.25) is 14.2 Å². The van der Waals surface area contributed by atoms with E-state index in [0.29, 0.717) is 12.3 Å². The van der Waals surface area contributed by atoms with E-state index < -0.39 is 0 Å². The summed E-state index contributed by atoms with van der Waals surface area (Å²) in [6.07, 6.45) is 0. The lowest BCUT2D eigenvalue weighted by atomic mass is 9.92. The Labute approximate surface area is 153 Å². The van der Waals surface area contributed by atoms with Crippen LogP contribution in [0.2, 0.25) is 0 Å². The Hall–Kier alpha value is -1.34. The zero-order valence-electron chi connectivity index (χ0n) is 15.6. The predicted octanol–water partition coefficient (Wildman–Crippen LogP) is 1.43. The SMILES string of the molecule is CCN1CCN(C(=O)C2CSc3nc(C(C)(C)C)cc(=O)n3C2)CC1. The Bertz CT molecular complexity index is 702. The van der Waals surface area contributed by atoms with Gasteiger partial charge in [0.2, 0.25) is 5.91 Å². The van der Waals surface area contributed by atoms with Crippen molar-refractivity contribution < 1.29 is 4.79 Å². The maximum absolute atomic E-state index is 12.9. The smallest absolute Gasteiger partial charge is 0.254 e. The lowest BCUT2D eigenvalue weighted by molar-refractivity contribution is -0.137. The van der Waals surface area contributed by atoms with Crippen molar-refractivity contribution in [1.82, 2.24) is 19.4 Å². The molecule has 2 aliphatic heterocycles. The van der Waals surface area contributed by atoms with Gasteiger partial charge in [-0.15, -0.1) is 0 Å². The summed E-state index contributed by atoms with van der Waals surface area (Å²) >= 11 is 1.53. The van der Waals surface area contributed by atoms with Gasteiger partial charge in [-0.05, 0) is 6.54 Å². The van der Waals surface area contributed by atoms with Crippen LogP contribution in [0.3, 0.4) is 0 Å². The number of nitrogens with zero attached hydrogens (tertiary/aromatic N) is 4. The zero-order valence-corrected chi connectivity index (χ0v) is 16.4. The number of aromatic nitrogens is 2. The number of piperazine rings is 1. The Balaban J connectivity index is 1.73. The second-order valence-electron chi connectivity index (χ2n) is 7.89. The fourth-order valence-electron chi connectivity index (χ4n) is 3.29. The van der Waals surface area contributed by atoms with E-state index in [0.717, 1.165) is 43.6 Å². The molecule has 0 bridgehead atoms. The fourth-order valence-corrected chi connectivity index (χ4v) is 4.37. The van der Waals surface area contributed by atoms with Crippen LogP contribution >= 0.6 is 11.8 Å². The number of rotatable bonds is 2. The molecule has 25 heavy (non-hydrogen) atoms. The van der Waals surface area contributed by atoms with Gasteiger partial charge in [-0.1, -0.05) is 39.5 Å². The second kappa shape index (κ2) is 7.11.